The van der Waals surface area contributed by atoms with Crippen LogP contribution < -0.4 is 15.7 Å². The molecule has 4 rings (SSSR count). The predicted octanol–water partition coefficient (Wildman–Crippen LogP) is 3.05. The molecule has 1 amide bonds. The monoisotopic (exact) mass is 389 g/mol. The first-order valence-electron chi connectivity index (χ1n) is 9.02. The van der Waals surface area contributed by atoms with Crippen LogP contribution in [0.5, 0.6) is 5.75 Å². The Kier molecular flexibility index (Phi) is 4.87. The zero-order chi connectivity index (χ0) is 20.4. The molecule has 2 aromatic carbocycles. The van der Waals surface area contributed by atoms with Gasteiger partial charge in [-0.3, -0.25) is 4.79 Å². The first-order valence-corrected chi connectivity index (χ1v) is 9.02. The number of para-hydroxylation sites is 2. The normalized spacial score (nSPS) is 11.9. The number of nitrogens with zero attached hydrogens (tertiary/aromatic N) is 2. The summed E-state index contributed by atoms with van der Waals surface area (Å²) in [6.45, 7) is 0. The van der Waals surface area contributed by atoms with Gasteiger partial charge in [-0.1, -0.05) is 36.4 Å². The molecule has 0 spiro atoms. The Morgan fingerprint density at radius 3 is 2.69 bits per heavy atom. The summed E-state index contributed by atoms with van der Waals surface area (Å²) in [6, 6.07) is 15.3. The van der Waals surface area contributed by atoms with Crippen molar-refractivity contribution in [3.05, 3.63) is 94.4 Å². The Balaban J connectivity index is 1.77. The zero-order valence-electron chi connectivity index (χ0n) is 16.0. The second kappa shape index (κ2) is 7.63. The summed E-state index contributed by atoms with van der Waals surface area (Å²) in [5.41, 5.74) is 0.389. The highest BCUT2D eigenvalue weighted by molar-refractivity contribution is 5.97. The maximum Gasteiger partial charge on any atom is 0.349 e. The van der Waals surface area contributed by atoms with Gasteiger partial charge in [-0.25, -0.2) is 9.78 Å². The first-order chi connectivity index (χ1) is 14.1. The van der Waals surface area contributed by atoms with Gasteiger partial charge in [0.05, 0.1) is 7.11 Å². The van der Waals surface area contributed by atoms with Crippen molar-refractivity contribution in [1.29, 1.82) is 0 Å². The Morgan fingerprint density at radius 2 is 1.93 bits per heavy atom. The molecule has 0 saturated carbocycles. The molecule has 7 nitrogen and oxygen atoms in total. The van der Waals surface area contributed by atoms with Crippen molar-refractivity contribution in [1.82, 2.24) is 14.9 Å². The number of benzene rings is 2. The lowest BCUT2D eigenvalue weighted by Crippen LogP contribution is -2.34. The number of aryl methyl sites for hydroxylation is 1. The summed E-state index contributed by atoms with van der Waals surface area (Å²) in [5, 5.41) is 3.58. The van der Waals surface area contributed by atoms with Crippen molar-refractivity contribution in [2.75, 3.05) is 7.11 Å². The molecule has 0 aliphatic heterocycles. The van der Waals surface area contributed by atoms with Crippen LogP contribution in [-0.2, 0) is 7.05 Å². The van der Waals surface area contributed by atoms with Crippen LogP contribution in [0.15, 0.2) is 76.2 Å². The Morgan fingerprint density at radius 1 is 1.17 bits per heavy atom. The van der Waals surface area contributed by atoms with E-state index in [1.807, 2.05) is 37.4 Å². The van der Waals surface area contributed by atoms with E-state index in [0.29, 0.717) is 22.5 Å². The third-order valence-electron chi connectivity index (χ3n) is 4.73. The molecule has 1 N–H and O–H groups in total. The quantitative estimate of drug-likeness (QED) is 0.530. The maximum absolute atomic E-state index is 13.1. The summed E-state index contributed by atoms with van der Waals surface area (Å²) in [4.78, 5) is 29.8. The van der Waals surface area contributed by atoms with Gasteiger partial charge < -0.3 is 19.0 Å². The van der Waals surface area contributed by atoms with Gasteiger partial charge in [0, 0.05) is 30.4 Å². The van der Waals surface area contributed by atoms with Crippen molar-refractivity contribution in [3.8, 4) is 5.75 Å². The second-order valence-electron chi connectivity index (χ2n) is 6.53. The number of rotatable bonds is 5. The number of aromatic nitrogens is 2. The molecule has 7 heteroatoms. The summed E-state index contributed by atoms with van der Waals surface area (Å²) >= 11 is 0. The van der Waals surface area contributed by atoms with Crippen LogP contribution in [0.1, 0.15) is 27.8 Å². The molecule has 0 radical (unpaired) electrons. The lowest BCUT2D eigenvalue weighted by atomic mass is 10.0. The summed E-state index contributed by atoms with van der Waals surface area (Å²) in [7, 11) is 3.40. The van der Waals surface area contributed by atoms with E-state index in [2.05, 4.69) is 10.3 Å². The maximum atomic E-state index is 13.1. The van der Waals surface area contributed by atoms with E-state index in [-0.39, 0.29) is 5.56 Å². The number of carbonyl (C=O) groups excluding carboxylic acids is 1. The van der Waals surface area contributed by atoms with Gasteiger partial charge in [0.1, 0.15) is 28.8 Å². The van der Waals surface area contributed by atoms with Crippen molar-refractivity contribution in [3.63, 3.8) is 0 Å². The van der Waals surface area contributed by atoms with Gasteiger partial charge in [-0.05, 0) is 18.2 Å². The molecule has 4 aromatic rings. The fraction of sp³-hybridized carbons (Fsp3) is 0.136. The average molecular weight is 389 g/mol. The van der Waals surface area contributed by atoms with Crippen LogP contribution in [0.4, 0.5) is 0 Å². The highest BCUT2D eigenvalue weighted by atomic mass is 16.5. The molecular formula is C22H19N3O4. The van der Waals surface area contributed by atoms with Gasteiger partial charge in [0.15, 0.2) is 0 Å². The topological polar surface area (TPSA) is 86.4 Å². The third-order valence-corrected chi connectivity index (χ3v) is 4.73. The minimum atomic E-state index is -0.695. The molecule has 0 aliphatic rings. The lowest BCUT2D eigenvalue weighted by Gasteiger charge is -2.21. The van der Waals surface area contributed by atoms with Crippen LogP contribution >= 0.6 is 0 Å². The number of imidazole rings is 1. The number of ether oxygens (including phenoxy) is 1. The van der Waals surface area contributed by atoms with E-state index in [0.717, 1.165) is 5.56 Å². The summed E-state index contributed by atoms with van der Waals surface area (Å²) in [5.74, 6) is 0.655. The molecule has 2 aromatic heterocycles. The van der Waals surface area contributed by atoms with E-state index in [4.69, 9.17) is 9.15 Å². The standard InChI is InChI=1S/C22H19N3O4/c1-25-12-11-23-20(25)19(15-8-4-6-10-18(15)28-2)24-21(26)16-13-14-7-3-5-9-17(14)29-22(16)27/h3-13,19H,1-2H3,(H,24,26). The van der Waals surface area contributed by atoms with Gasteiger partial charge in [-0.2, -0.15) is 0 Å². The number of nitrogens with one attached hydrogen (secondary N) is 1. The van der Waals surface area contributed by atoms with Crippen LogP contribution in [0.2, 0.25) is 0 Å². The molecule has 0 fully saturated rings. The van der Waals surface area contributed by atoms with Crippen LogP contribution in [0, 0.1) is 0 Å². The minimum Gasteiger partial charge on any atom is -0.496 e. The molecule has 1 unspecified atom stereocenters. The van der Waals surface area contributed by atoms with Gasteiger partial charge >= 0.3 is 5.63 Å². The first kappa shape index (κ1) is 18.5. The van der Waals surface area contributed by atoms with E-state index < -0.39 is 17.6 Å². The second-order valence-corrected chi connectivity index (χ2v) is 6.53. The minimum absolute atomic E-state index is 0.0715. The van der Waals surface area contributed by atoms with Crippen LogP contribution in [0.3, 0.4) is 0 Å². The van der Waals surface area contributed by atoms with Crippen molar-refractivity contribution < 1.29 is 13.9 Å². The smallest absolute Gasteiger partial charge is 0.349 e. The van der Waals surface area contributed by atoms with E-state index in [1.54, 1.807) is 42.3 Å². The van der Waals surface area contributed by atoms with Crippen molar-refractivity contribution >= 4 is 16.9 Å². The molecular weight excluding hydrogens is 370 g/mol. The van der Waals surface area contributed by atoms with Crippen molar-refractivity contribution in [2.45, 2.75) is 6.04 Å². The number of amides is 1. The fourth-order valence-electron chi connectivity index (χ4n) is 3.27. The average Bonchev–Trinajstić information content (AvgIpc) is 3.17. The molecule has 146 valence electrons. The molecule has 0 saturated heterocycles. The molecule has 1 atom stereocenters. The lowest BCUT2D eigenvalue weighted by molar-refractivity contribution is 0.0937. The number of carbonyl (C=O) groups is 1. The number of hydrogen-bond acceptors (Lipinski definition) is 5. The Labute approximate surface area is 166 Å². The van der Waals surface area contributed by atoms with E-state index in [1.165, 1.54) is 6.07 Å². The molecule has 0 bridgehead atoms. The van der Waals surface area contributed by atoms with Gasteiger partial charge in [-0.15, -0.1) is 0 Å². The largest absolute Gasteiger partial charge is 0.496 e. The summed E-state index contributed by atoms with van der Waals surface area (Å²) < 4.78 is 12.6. The van der Waals surface area contributed by atoms with Gasteiger partial charge in [0.25, 0.3) is 5.91 Å². The highest BCUT2D eigenvalue weighted by Gasteiger charge is 2.25. The summed E-state index contributed by atoms with van der Waals surface area (Å²) in [6.07, 6.45) is 3.43. The molecule has 29 heavy (non-hydrogen) atoms. The van der Waals surface area contributed by atoms with Crippen LogP contribution in [0.25, 0.3) is 11.0 Å². The van der Waals surface area contributed by atoms with E-state index in [9.17, 15) is 9.59 Å². The SMILES string of the molecule is COc1ccccc1C(NC(=O)c1cc2ccccc2oc1=O)c1nccn1C. The number of methoxy groups -OCH3 is 1. The molecule has 0 aliphatic carbocycles. The number of fused-ring (bicyclic) bond motifs is 1. The Bertz CT molecular complexity index is 1240. The molecule has 2 heterocycles. The third kappa shape index (κ3) is 3.50. The van der Waals surface area contributed by atoms with Crippen LogP contribution in [-0.4, -0.2) is 22.6 Å². The predicted molar refractivity (Wildman–Crippen MR) is 108 cm³/mol. The van der Waals surface area contributed by atoms with Crippen molar-refractivity contribution in [2.24, 2.45) is 7.05 Å². The zero-order valence-corrected chi connectivity index (χ0v) is 16.0. The van der Waals surface area contributed by atoms with E-state index >= 15 is 0 Å². The fourth-order valence-corrected chi connectivity index (χ4v) is 3.27. The number of hydrogen-bond donors (Lipinski definition) is 1. The highest BCUT2D eigenvalue weighted by Crippen LogP contribution is 2.29. The Hall–Kier alpha value is -3.87. The van der Waals surface area contributed by atoms with Gasteiger partial charge in [0.2, 0.25) is 0 Å².